The van der Waals surface area contributed by atoms with Gasteiger partial charge in [-0.3, -0.25) is 19.2 Å². The highest BCUT2D eigenvalue weighted by atomic mass is 16.2. The first-order valence-electron chi connectivity index (χ1n) is 11.7. The minimum Gasteiger partial charge on any atom is -0.321 e. The first-order chi connectivity index (χ1) is 16.1. The zero-order valence-corrected chi connectivity index (χ0v) is 19.0. The molecule has 0 saturated carbocycles. The van der Waals surface area contributed by atoms with E-state index >= 15 is 0 Å². The van der Waals surface area contributed by atoms with Gasteiger partial charge < -0.3 is 4.57 Å². The van der Waals surface area contributed by atoms with Gasteiger partial charge in [-0.05, 0) is 29.5 Å². The maximum Gasteiger partial charge on any atom is 0.330 e. The lowest BCUT2D eigenvalue weighted by Crippen LogP contribution is -2.32. The smallest absolute Gasteiger partial charge is 0.321 e. The number of imidazole rings is 1. The number of benzene rings is 2. The van der Waals surface area contributed by atoms with Crippen LogP contribution in [-0.2, 0) is 32.6 Å². The van der Waals surface area contributed by atoms with Crippen molar-refractivity contribution < 1.29 is 0 Å². The second-order valence-corrected chi connectivity index (χ2v) is 8.77. The monoisotopic (exact) mass is 443 g/mol. The fraction of sp³-hybridized carbons (Fsp3) is 0.346. The van der Waals surface area contributed by atoms with Gasteiger partial charge in [0.15, 0.2) is 11.2 Å². The summed E-state index contributed by atoms with van der Waals surface area (Å²) >= 11 is 0. The minimum atomic E-state index is -0.421. The highest BCUT2D eigenvalue weighted by molar-refractivity contribution is 5.71. The fourth-order valence-corrected chi connectivity index (χ4v) is 4.70. The number of aromatic amines is 1. The van der Waals surface area contributed by atoms with E-state index in [2.05, 4.69) is 41.1 Å². The molecule has 33 heavy (non-hydrogen) atoms. The Hall–Kier alpha value is -3.45. The molecule has 5 rings (SSSR count). The quantitative estimate of drug-likeness (QED) is 0.476. The molecular weight excluding hydrogens is 414 g/mol. The number of nitrogens with zero attached hydrogens (tertiary/aromatic N) is 4. The van der Waals surface area contributed by atoms with Crippen LogP contribution < -0.4 is 11.2 Å². The summed E-state index contributed by atoms with van der Waals surface area (Å²) in [5.74, 6) is 0.843. The van der Waals surface area contributed by atoms with Crippen LogP contribution in [-0.4, -0.2) is 30.5 Å². The van der Waals surface area contributed by atoms with Gasteiger partial charge >= 0.3 is 5.69 Å². The van der Waals surface area contributed by atoms with Crippen LogP contribution in [0, 0.1) is 0 Å². The molecule has 0 atom stereocenters. The Morgan fingerprint density at radius 2 is 1.70 bits per heavy atom. The van der Waals surface area contributed by atoms with E-state index in [1.807, 2.05) is 34.9 Å². The van der Waals surface area contributed by atoms with E-state index in [-0.39, 0.29) is 5.56 Å². The van der Waals surface area contributed by atoms with Gasteiger partial charge in [-0.2, -0.15) is 0 Å². The molecule has 1 aliphatic rings. The molecule has 0 radical (unpaired) electrons. The Labute approximate surface area is 192 Å². The van der Waals surface area contributed by atoms with E-state index in [1.165, 1.54) is 11.1 Å². The van der Waals surface area contributed by atoms with Crippen molar-refractivity contribution in [2.75, 3.05) is 6.54 Å². The number of aryl methyl sites for hydroxylation is 1. The third-order valence-electron chi connectivity index (χ3n) is 6.46. The summed E-state index contributed by atoms with van der Waals surface area (Å²) in [6.07, 6.45) is 2.96. The van der Waals surface area contributed by atoms with Gasteiger partial charge in [-0.25, -0.2) is 9.78 Å². The lowest BCUT2D eigenvalue weighted by molar-refractivity contribution is 0.236. The summed E-state index contributed by atoms with van der Waals surface area (Å²) in [5.41, 5.74) is 3.92. The Balaban J connectivity index is 1.56. The Morgan fingerprint density at radius 3 is 2.48 bits per heavy atom. The molecular formula is C26H29N5O2. The van der Waals surface area contributed by atoms with E-state index in [0.29, 0.717) is 30.8 Å². The molecule has 1 N–H and O–H groups in total. The largest absolute Gasteiger partial charge is 0.330 e. The standard InChI is InChI=1S/C26H29N5O2/c1-2-3-14-30-22(18-29-15-13-20-11-7-8-12-21(20)17-29)27-24-23(30)25(32)28-26(33)31(24)16-19-9-5-4-6-10-19/h4-12H,2-3,13-18H2,1H3,(H,28,32,33). The van der Waals surface area contributed by atoms with Gasteiger partial charge in [0.2, 0.25) is 0 Å². The van der Waals surface area contributed by atoms with E-state index < -0.39 is 5.69 Å². The second kappa shape index (κ2) is 9.19. The van der Waals surface area contributed by atoms with Crippen molar-refractivity contribution in [1.29, 1.82) is 0 Å². The van der Waals surface area contributed by atoms with Crippen LogP contribution in [0.2, 0.25) is 0 Å². The van der Waals surface area contributed by atoms with Crippen molar-refractivity contribution in [3.8, 4) is 0 Å². The van der Waals surface area contributed by atoms with Crippen LogP contribution in [0.5, 0.6) is 0 Å². The Morgan fingerprint density at radius 1 is 0.939 bits per heavy atom. The number of hydrogen-bond donors (Lipinski definition) is 1. The normalized spacial score (nSPS) is 14.0. The van der Waals surface area contributed by atoms with Crippen molar-refractivity contribution in [2.24, 2.45) is 0 Å². The minimum absolute atomic E-state index is 0.363. The van der Waals surface area contributed by atoms with Crippen molar-refractivity contribution >= 4 is 11.2 Å². The lowest BCUT2D eigenvalue weighted by atomic mass is 10.00. The zero-order valence-electron chi connectivity index (χ0n) is 19.0. The maximum absolute atomic E-state index is 12.9. The molecule has 4 aromatic rings. The number of aromatic nitrogens is 4. The fourth-order valence-electron chi connectivity index (χ4n) is 4.70. The molecule has 0 saturated heterocycles. The topological polar surface area (TPSA) is 75.9 Å². The number of hydrogen-bond acceptors (Lipinski definition) is 4. The van der Waals surface area contributed by atoms with Crippen molar-refractivity contribution in [3.05, 3.63) is 98.0 Å². The first-order valence-corrected chi connectivity index (χ1v) is 11.7. The van der Waals surface area contributed by atoms with Gasteiger partial charge in [0.25, 0.3) is 5.56 Å². The van der Waals surface area contributed by atoms with Crippen LogP contribution in [0.1, 0.15) is 42.3 Å². The van der Waals surface area contributed by atoms with Crippen molar-refractivity contribution in [1.82, 2.24) is 24.0 Å². The number of fused-ring (bicyclic) bond motifs is 2. The molecule has 2 aromatic heterocycles. The molecule has 170 valence electrons. The Kier molecular flexibility index (Phi) is 5.96. The molecule has 2 aromatic carbocycles. The summed E-state index contributed by atoms with van der Waals surface area (Å²) in [5, 5.41) is 0. The molecule has 1 aliphatic heterocycles. The molecule has 0 amide bonds. The highest BCUT2D eigenvalue weighted by Crippen LogP contribution is 2.22. The lowest BCUT2D eigenvalue weighted by Gasteiger charge is -2.28. The number of H-pyrrole nitrogens is 1. The van der Waals surface area contributed by atoms with E-state index in [0.717, 1.165) is 43.7 Å². The average Bonchev–Trinajstić information content (AvgIpc) is 3.19. The first kappa shape index (κ1) is 21.4. The van der Waals surface area contributed by atoms with E-state index in [1.54, 1.807) is 4.57 Å². The molecule has 0 fully saturated rings. The van der Waals surface area contributed by atoms with Crippen molar-refractivity contribution in [2.45, 2.75) is 52.4 Å². The summed E-state index contributed by atoms with van der Waals surface area (Å²) in [7, 11) is 0. The van der Waals surface area contributed by atoms with Crippen LogP contribution in [0.15, 0.2) is 64.2 Å². The molecule has 0 unspecified atom stereocenters. The predicted octanol–water partition coefficient (Wildman–Crippen LogP) is 3.29. The summed E-state index contributed by atoms with van der Waals surface area (Å²) in [6, 6.07) is 18.4. The Bertz CT molecular complexity index is 1380. The van der Waals surface area contributed by atoms with Crippen LogP contribution in [0.3, 0.4) is 0 Å². The molecule has 0 bridgehead atoms. The van der Waals surface area contributed by atoms with Crippen molar-refractivity contribution in [3.63, 3.8) is 0 Å². The molecule has 7 heteroatoms. The van der Waals surface area contributed by atoms with Gasteiger partial charge in [-0.15, -0.1) is 0 Å². The molecule has 0 aliphatic carbocycles. The highest BCUT2D eigenvalue weighted by Gasteiger charge is 2.22. The third kappa shape index (κ3) is 4.28. The molecule has 3 heterocycles. The predicted molar refractivity (Wildman–Crippen MR) is 129 cm³/mol. The van der Waals surface area contributed by atoms with Crippen LogP contribution >= 0.6 is 0 Å². The second-order valence-electron chi connectivity index (χ2n) is 8.77. The zero-order chi connectivity index (χ0) is 22.8. The van der Waals surface area contributed by atoms with Gasteiger partial charge in [0, 0.05) is 19.6 Å². The number of rotatable bonds is 7. The SMILES string of the molecule is CCCCn1c(CN2CCc3ccccc3C2)nc2c1c(=O)[nH]c(=O)n2Cc1ccccc1. The summed E-state index contributed by atoms with van der Waals surface area (Å²) < 4.78 is 3.61. The number of nitrogens with one attached hydrogen (secondary N) is 1. The molecule has 7 nitrogen and oxygen atoms in total. The molecule has 0 spiro atoms. The van der Waals surface area contributed by atoms with Gasteiger partial charge in [0.05, 0.1) is 13.1 Å². The van der Waals surface area contributed by atoms with E-state index in [9.17, 15) is 9.59 Å². The van der Waals surface area contributed by atoms with Crippen LogP contribution in [0.4, 0.5) is 0 Å². The van der Waals surface area contributed by atoms with E-state index in [4.69, 9.17) is 4.98 Å². The van der Waals surface area contributed by atoms with Crippen LogP contribution in [0.25, 0.3) is 11.2 Å². The van der Waals surface area contributed by atoms with Gasteiger partial charge in [-0.1, -0.05) is 67.9 Å². The number of unbranched alkanes of at least 4 members (excludes halogenated alkanes) is 1. The summed E-state index contributed by atoms with van der Waals surface area (Å²) in [6.45, 7) is 5.66. The van der Waals surface area contributed by atoms with Gasteiger partial charge in [0.1, 0.15) is 5.82 Å². The average molecular weight is 444 g/mol. The third-order valence-corrected chi connectivity index (χ3v) is 6.46. The summed E-state index contributed by atoms with van der Waals surface area (Å²) in [4.78, 5) is 35.5. The maximum atomic E-state index is 12.9.